The number of rotatable bonds is 4. The van der Waals surface area contributed by atoms with Gasteiger partial charge in [0, 0.05) is 57.5 Å². The quantitative estimate of drug-likeness (QED) is 0.799. The van der Waals surface area contributed by atoms with Gasteiger partial charge in [0.05, 0.1) is 5.92 Å². The summed E-state index contributed by atoms with van der Waals surface area (Å²) >= 11 is 0. The number of piperidine rings is 1. The number of Topliss-reactive ketones (excluding diaryl/α,β-unsaturated/α-hetero) is 1. The average Bonchev–Trinajstić information content (AvgIpc) is 2.57. The van der Waals surface area contributed by atoms with Crippen molar-refractivity contribution >= 4 is 17.7 Å². The Morgan fingerprint density at radius 1 is 1.23 bits per heavy atom. The normalized spacial score (nSPS) is 30.4. The van der Waals surface area contributed by atoms with E-state index in [1.807, 2.05) is 14.0 Å². The van der Waals surface area contributed by atoms with Gasteiger partial charge in [-0.2, -0.15) is 0 Å². The first kappa shape index (κ1) is 19.3. The van der Waals surface area contributed by atoms with Gasteiger partial charge in [-0.1, -0.05) is 0 Å². The van der Waals surface area contributed by atoms with E-state index in [2.05, 4.69) is 22.2 Å². The fourth-order valence-electron chi connectivity index (χ4n) is 4.90. The second kappa shape index (κ2) is 8.05. The highest BCUT2D eigenvalue weighted by molar-refractivity contribution is 5.95. The lowest BCUT2D eigenvalue weighted by atomic mass is 9.74. The molecule has 3 amide bonds. The number of amides is 3. The van der Waals surface area contributed by atoms with Gasteiger partial charge in [-0.3, -0.25) is 14.5 Å². The molecule has 2 saturated heterocycles. The molecular weight excluding hydrogens is 332 g/mol. The van der Waals surface area contributed by atoms with E-state index in [0.29, 0.717) is 50.2 Å². The highest BCUT2D eigenvalue weighted by Crippen LogP contribution is 2.36. The van der Waals surface area contributed by atoms with Crippen molar-refractivity contribution in [2.45, 2.75) is 38.6 Å². The molecule has 1 aliphatic carbocycles. The number of nitrogens with one attached hydrogen (secondary N) is 1. The van der Waals surface area contributed by atoms with Gasteiger partial charge in [0.25, 0.3) is 0 Å². The number of nitrogens with zero attached hydrogens (tertiary/aromatic N) is 3. The van der Waals surface area contributed by atoms with Crippen molar-refractivity contribution in [2.24, 2.45) is 17.8 Å². The van der Waals surface area contributed by atoms with Crippen molar-refractivity contribution in [3.05, 3.63) is 0 Å². The number of carbonyl (C=O) groups excluding carboxylic acids is 3. The summed E-state index contributed by atoms with van der Waals surface area (Å²) in [4.78, 5) is 43.1. The third-order valence-electron chi connectivity index (χ3n) is 6.27. The second-order valence-corrected chi connectivity index (χ2v) is 8.34. The van der Waals surface area contributed by atoms with Crippen LogP contribution < -0.4 is 5.32 Å². The summed E-state index contributed by atoms with van der Waals surface area (Å²) in [6.45, 7) is 5.49. The van der Waals surface area contributed by atoms with Gasteiger partial charge in [0.1, 0.15) is 5.78 Å². The van der Waals surface area contributed by atoms with Crippen LogP contribution in [0.3, 0.4) is 0 Å². The summed E-state index contributed by atoms with van der Waals surface area (Å²) in [5.74, 6) is 0.735. The van der Waals surface area contributed by atoms with Crippen LogP contribution in [0.25, 0.3) is 0 Å². The summed E-state index contributed by atoms with van der Waals surface area (Å²) in [5, 5.41) is 2.92. The first-order chi connectivity index (χ1) is 12.4. The maximum absolute atomic E-state index is 13.0. The van der Waals surface area contributed by atoms with Crippen molar-refractivity contribution in [1.29, 1.82) is 0 Å². The Bertz CT molecular complexity index is 561. The summed E-state index contributed by atoms with van der Waals surface area (Å²) in [6.07, 6.45) is 2.85. The molecule has 0 aromatic heterocycles. The number of hydrogen-bond donors (Lipinski definition) is 1. The van der Waals surface area contributed by atoms with E-state index >= 15 is 0 Å². The maximum Gasteiger partial charge on any atom is 0.324 e. The summed E-state index contributed by atoms with van der Waals surface area (Å²) < 4.78 is 0. The third-order valence-corrected chi connectivity index (χ3v) is 6.27. The number of carbonyl (C=O) groups is 3. The predicted molar refractivity (Wildman–Crippen MR) is 98.6 cm³/mol. The number of ketones is 1. The van der Waals surface area contributed by atoms with Crippen molar-refractivity contribution in [3.63, 3.8) is 0 Å². The monoisotopic (exact) mass is 364 g/mol. The molecule has 146 valence electrons. The summed E-state index contributed by atoms with van der Waals surface area (Å²) in [5.41, 5.74) is 0. The Kier molecular flexibility index (Phi) is 5.97. The lowest BCUT2D eigenvalue weighted by molar-refractivity contribution is -0.138. The molecule has 3 rings (SSSR count). The lowest BCUT2D eigenvalue weighted by Crippen LogP contribution is -2.56. The molecule has 0 unspecified atom stereocenters. The highest BCUT2D eigenvalue weighted by Gasteiger charge is 2.42. The number of hydrogen-bond acceptors (Lipinski definition) is 5. The molecule has 3 atom stereocenters. The first-order valence-corrected chi connectivity index (χ1v) is 9.88. The summed E-state index contributed by atoms with van der Waals surface area (Å²) in [6, 6.07) is 0.118. The van der Waals surface area contributed by atoms with Crippen LogP contribution in [0.5, 0.6) is 0 Å². The molecule has 7 heteroatoms. The number of likely N-dealkylation sites (tertiary alicyclic amines) is 2. The van der Waals surface area contributed by atoms with Gasteiger partial charge in [-0.25, -0.2) is 4.79 Å². The second-order valence-electron chi connectivity index (χ2n) is 8.34. The zero-order chi connectivity index (χ0) is 18.8. The van der Waals surface area contributed by atoms with Gasteiger partial charge < -0.3 is 15.1 Å². The van der Waals surface area contributed by atoms with E-state index in [0.717, 1.165) is 25.9 Å². The molecule has 2 heterocycles. The van der Waals surface area contributed by atoms with E-state index in [-0.39, 0.29) is 23.8 Å². The van der Waals surface area contributed by atoms with Crippen molar-refractivity contribution < 1.29 is 14.4 Å². The molecule has 0 aromatic rings. The minimum absolute atomic E-state index is 0.0981. The standard InChI is InChI=1S/C19H32N4O3/c1-4-23(19(26)20-9-13-10-21(2)11-13)18(25)15-7-14-8-16(24)5-6-17(14)22(3)12-15/h13-15,17H,4-12H2,1-3H3,(H,20,26)/t14-,15-,17-/m1/s1. The molecule has 0 bridgehead atoms. The van der Waals surface area contributed by atoms with E-state index in [9.17, 15) is 14.4 Å². The predicted octanol–water partition coefficient (Wildman–Crippen LogP) is 0.796. The first-order valence-electron chi connectivity index (χ1n) is 9.88. The summed E-state index contributed by atoms with van der Waals surface area (Å²) in [7, 11) is 4.10. The molecule has 1 saturated carbocycles. The molecule has 3 fully saturated rings. The fourth-order valence-corrected chi connectivity index (χ4v) is 4.90. The van der Waals surface area contributed by atoms with Gasteiger partial charge in [0.2, 0.25) is 5.91 Å². The smallest absolute Gasteiger partial charge is 0.324 e. The Morgan fingerprint density at radius 3 is 2.62 bits per heavy atom. The molecule has 26 heavy (non-hydrogen) atoms. The van der Waals surface area contributed by atoms with E-state index in [1.165, 1.54) is 4.90 Å². The van der Waals surface area contributed by atoms with E-state index < -0.39 is 0 Å². The Morgan fingerprint density at radius 2 is 1.96 bits per heavy atom. The molecule has 0 spiro atoms. The van der Waals surface area contributed by atoms with Crippen LogP contribution in [0.2, 0.25) is 0 Å². The number of imide groups is 1. The molecule has 1 N–H and O–H groups in total. The molecule has 3 aliphatic rings. The fraction of sp³-hybridized carbons (Fsp3) is 0.842. The Hall–Kier alpha value is -1.47. The average molecular weight is 364 g/mol. The molecular formula is C19H32N4O3. The lowest BCUT2D eigenvalue weighted by Gasteiger charge is -2.45. The van der Waals surface area contributed by atoms with Crippen molar-refractivity contribution in [3.8, 4) is 0 Å². The molecule has 2 aliphatic heterocycles. The number of urea groups is 1. The molecule has 0 radical (unpaired) electrons. The van der Waals surface area contributed by atoms with Gasteiger partial charge in [-0.05, 0) is 39.8 Å². The van der Waals surface area contributed by atoms with Crippen LogP contribution in [-0.4, -0.2) is 85.3 Å². The molecule has 7 nitrogen and oxygen atoms in total. The maximum atomic E-state index is 13.0. The number of fused-ring (bicyclic) bond motifs is 1. The van der Waals surface area contributed by atoms with Crippen molar-refractivity contribution in [2.75, 3.05) is 46.8 Å². The van der Waals surface area contributed by atoms with Gasteiger partial charge in [-0.15, -0.1) is 0 Å². The minimum atomic E-state index is -0.281. The van der Waals surface area contributed by atoms with Crippen LogP contribution in [0, 0.1) is 17.8 Å². The van der Waals surface area contributed by atoms with Crippen LogP contribution in [0.4, 0.5) is 4.79 Å². The van der Waals surface area contributed by atoms with Crippen LogP contribution >= 0.6 is 0 Å². The van der Waals surface area contributed by atoms with Crippen LogP contribution in [0.1, 0.15) is 32.6 Å². The van der Waals surface area contributed by atoms with Crippen LogP contribution in [-0.2, 0) is 9.59 Å². The SMILES string of the molecule is CCN(C(=O)NCC1CN(C)C1)C(=O)[C@@H]1C[C@@H]2CC(=O)CC[C@H]2N(C)C1. The largest absolute Gasteiger partial charge is 0.337 e. The van der Waals surface area contributed by atoms with Crippen molar-refractivity contribution in [1.82, 2.24) is 20.0 Å². The zero-order valence-corrected chi connectivity index (χ0v) is 16.2. The van der Waals surface area contributed by atoms with E-state index in [4.69, 9.17) is 0 Å². The highest BCUT2D eigenvalue weighted by atomic mass is 16.2. The van der Waals surface area contributed by atoms with E-state index in [1.54, 1.807) is 0 Å². The minimum Gasteiger partial charge on any atom is -0.337 e. The van der Waals surface area contributed by atoms with Gasteiger partial charge >= 0.3 is 6.03 Å². The topological polar surface area (TPSA) is 73.0 Å². The Balaban J connectivity index is 1.57. The zero-order valence-electron chi connectivity index (χ0n) is 16.2. The third kappa shape index (κ3) is 4.09. The Labute approximate surface area is 156 Å². The van der Waals surface area contributed by atoms with Gasteiger partial charge in [0.15, 0.2) is 0 Å². The molecule has 0 aromatic carbocycles. The van der Waals surface area contributed by atoms with Crippen LogP contribution in [0.15, 0.2) is 0 Å².